The van der Waals surface area contributed by atoms with Crippen LogP contribution in [-0.2, 0) is 4.79 Å². The van der Waals surface area contributed by atoms with Gasteiger partial charge in [-0.25, -0.2) is 0 Å². The first kappa shape index (κ1) is 17.6. The first-order valence-corrected chi connectivity index (χ1v) is 10.2. The van der Waals surface area contributed by atoms with Gasteiger partial charge in [-0.05, 0) is 69.4 Å². The van der Waals surface area contributed by atoms with Crippen LogP contribution in [0.1, 0.15) is 68.9 Å². The Morgan fingerprint density at radius 3 is 2.62 bits per heavy atom. The second-order valence-electron chi connectivity index (χ2n) is 8.90. The number of nitrogens with zero attached hydrogens (tertiary/aromatic N) is 3. The normalized spacial score (nSPS) is 23.1. The van der Waals surface area contributed by atoms with E-state index in [4.69, 9.17) is 0 Å². The van der Waals surface area contributed by atoms with Gasteiger partial charge in [0.2, 0.25) is 5.91 Å². The number of aromatic nitrogens is 1. The molecule has 5 heteroatoms. The van der Waals surface area contributed by atoms with Crippen LogP contribution >= 0.6 is 0 Å². The maximum atomic E-state index is 13.0. The van der Waals surface area contributed by atoms with Crippen LogP contribution < -0.4 is 0 Å². The van der Waals surface area contributed by atoms with E-state index < -0.39 is 0 Å². The zero-order chi connectivity index (χ0) is 18.3. The zero-order valence-corrected chi connectivity index (χ0v) is 16.1. The van der Waals surface area contributed by atoms with Gasteiger partial charge in [-0.2, -0.15) is 0 Å². The fourth-order valence-corrected chi connectivity index (χ4v) is 4.66. The van der Waals surface area contributed by atoms with Crippen LogP contribution in [0, 0.1) is 11.3 Å². The lowest BCUT2D eigenvalue weighted by molar-refractivity contribution is -0.139. The third-order valence-electron chi connectivity index (χ3n) is 6.59. The van der Waals surface area contributed by atoms with E-state index in [0.29, 0.717) is 18.4 Å². The van der Waals surface area contributed by atoms with E-state index in [9.17, 15) is 9.59 Å². The number of likely N-dealkylation sites (tertiary alicyclic amines) is 2. The van der Waals surface area contributed by atoms with Gasteiger partial charge >= 0.3 is 0 Å². The van der Waals surface area contributed by atoms with Crippen LogP contribution in [0.4, 0.5) is 0 Å². The first-order valence-electron chi connectivity index (χ1n) is 10.2. The Balaban J connectivity index is 1.39. The fourth-order valence-electron chi connectivity index (χ4n) is 4.66. The van der Waals surface area contributed by atoms with Crippen LogP contribution in [-0.4, -0.2) is 52.4 Å². The first-order chi connectivity index (χ1) is 12.5. The van der Waals surface area contributed by atoms with Crippen LogP contribution in [0.2, 0.25) is 0 Å². The van der Waals surface area contributed by atoms with Gasteiger partial charge in [0, 0.05) is 44.8 Å². The summed E-state index contributed by atoms with van der Waals surface area (Å²) >= 11 is 0. The average Bonchev–Trinajstić information content (AvgIpc) is 3.30. The van der Waals surface area contributed by atoms with Gasteiger partial charge in [0.15, 0.2) is 0 Å². The number of hydrogen-bond acceptors (Lipinski definition) is 2. The molecule has 0 aromatic carbocycles. The number of amides is 2. The van der Waals surface area contributed by atoms with Gasteiger partial charge in [-0.1, -0.05) is 0 Å². The van der Waals surface area contributed by atoms with Crippen LogP contribution in [0.25, 0.3) is 0 Å². The topological polar surface area (TPSA) is 45.6 Å². The molecule has 0 unspecified atom stereocenters. The van der Waals surface area contributed by atoms with Gasteiger partial charge in [-0.15, -0.1) is 0 Å². The highest BCUT2D eigenvalue weighted by Gasteiger charge is 2.43. The smallest absolute Gasteiger partial charge is 0.270 e. The zero-order valence-electron chi connectivity index (χ0n) is 16.1. The molecule has 2 aliphatic heterocycles. The van der Waals surface area contributed by atoms with Crippen molar-refractivity contribution in [3.63, 3.8) is 0 Å². The molecule has 1 aromatic rings. The molecule has 3 aliphatic rings. The Bertz CT molecular complexity index is 681. The quantitative estimate of drug-likeness (QED) is 0.830. The van der Waals surface area contributed by atoms with Gasteiger partial charge in [-0.3, -0.25) is 9.59 Å². The second-order valence-corrected chi connectivity index (χ2v) is 8.90. The average molecular weight is 357 g/mol. The summed E-state index contributed by atoms with van der Waals surface area (Å²) < 4.78 is 2.06. The Kier molecular flexibility index (Phi) is 4.57. The molecule has 2 amide bonds. The molecule has 26 heavy (non-hydrogen) atoms. The number of rotatable bonds is 4. The Hall–Kier alpha value is -1.78. The molecule has 3 fully saturated rings. The van der Waals surface area contributed by atoms with Gasteiger partial charge in [0.1, 0.15) is 5.69 Å². The monoisotopic (exact) mass is 357 g/mol. The Morgan fingerprint density at radius 2 is 1.96 bits per heavy atom. The number of hydrogen-bond donors (Lipinski definition) is 0. The maximum absolute atomic E-state index is 13.0. The lowest BCUT2D eigenvalue weighted by Crippen LogP contribution is -2.52. The van der Waals surface area contributed by atoms with E-state index in [1.165, 1.54) is 12.8 Å². The summed E-state index contributed by atoms with van der Waals surface area (Å²) in [6.07, 6.45) is 8.30. The highest BCUT2D eigenvalue weighted by Crippen LogP contribution is 2.42. The molecule has 0 bridgehead atoms. The third kappa shape index (κ3) is 3.40. The van der Waals surface area contributed by atoms with Crippen molar-refractivity contribution in [1.29, 1.82) is 0 Å². The molecule has 1 saturated carbocycles. The van der Waals surface area contributed by atoms with Crippen LogP contribution in [0.15, 0.2) is 18.3 Å². The minimum atomic E-state index is 0.153. The number of carbonyl (C=O) groups excluding carboxylic acids is 2. The summed E-state index contributed by atoms with van der Waals surface area (Å²) in [5, 5.41) is 0. The molecule has 0 atom stereocenters. The Morgan fingerprint density at radius 1 is 1.23 bits per heavy atom. The van der Waals surface area contributed by atoms with Crippen molar-refractivity contribution in [2.24, 2.45) is 11.3 Å². The van der Waals surface area contributed by atoms with Crippen molar-refractivity contribution in [3.05, 3.63) is 24.0 Å². The molecule has 3 heterocycles. The summed E-state index contributed by atoms with van der Waals surface area (Å²) in [7, 11) is 0. The predicted molar refractivity (Wildman–Crippen MR) is 101 cm³/mol. The highest BCUT2D eigenvalue weighted by molar-refractivity contribution is 5.93. The molecule has 1 aromatic heterocycles. The summed E-state index contributed by atoms with van der Waals surface area (Å²) in [5.74, 6) is 1.25. The molecule has 5 nitrogen and oxygen atoms in total. The minimum Gasteiger partial charge on any atom is -0.342 e. The lowest BCUT2D eigenvalue weighted by atomic mass is 9.72. The Labute approximate surface area is 156 Å². The number of carbonyl (C=O) groups is 2. The van der Waals surface area contributed by atoms with Gasteiger partial charge in [0.25, 0.3) is 5.91 Å². The SMILES string of the molecule is CC(C)n1cccc1C(=O)N1CCC2(CCC(=O)N(CC3CC3)C2)CC1. The van der Waals surface area contributed by atoms with Crippen LogP contribution in [0.3, 0.4) is 0 Å². The molecule has 1 spiro atoms. The molecular weight excluding hydrogens is 326 g/mol. The molecular formula is C21H31N3O2. The van der Waals surface area contributed by atoms with Crippen LogP contribution in [0.5, 0.6) is 0 Å². The molecule has 0 N–H and O–H groups in total. The predicted octanol–water partition coefficient (Wildman–Crippen LogP) is 3.32. The van der Waals surface area contributed by atoms with Crippen molar-refractivity contribution in [1.82, 2.24) is 14.4 Å². The molecule has 0 radical (unpaired) electrons. The van der Waals surface area contributed by atoms with E-state index >= 15 is 0 Å². The van der Waals surface area contributed by atoms with Crippen molar-refractivity contribution >= 4 is 11.8 Å². The fraction of sp³-hybridized carbons (Fsp3) is 0.714. The number of piperidine rings is 2. The van der Waals surface area contributed by atoms with E-state index in [-0.39, 0.29) is 11.3 Å². The van der Waals surface area contributed by atoms with Crippen molar-refractivity contribution in [3.8, 4) is 0 Å². The third-order valence-corrected chi connectivity index (χ3v) is 6.59. The summed E-state index contributed by atoms with van der Waals surface area (Å²) in [4.78, 5) is 29.4. The maximum Gasteiger partial charge on any atom is 0.270 e. The molecule has 142 valence electrons. The van der Waals surface area contributed by atoms with E-state index in [0.717, 1.165) is 57.1 Å². The van der Waals surface area contributed by atoms with E-state index in [1.807, 2.05) is 23.2 Å². The van der Waals surface area contributed by atoms with Gasteiger partial charge in [0.05, 0.1) is 0 Å². The van der Waals surface area contributed by atoms with Gasteiger partial charge < -0.3 is 14.4 Å². The second kappa shape index (κ2) is 6.75. The van der Waals surface area contributed by atoms with E-state index in [2.05, 4.69) is 23.3 Å². The summed E-state index contributed by atoms with van der Waals surface area (Å²) in [6.45, 7) is 7.71. The van der Waals surface area contributed by atoms with Crippen molar-refractivity contribution in [2.75, 3.05) is 26.2 Å². The molecule has 4 rings (SSSR count). The lowest BCUT2D eigenvalue weighted by Gasteiger charge is -2.47. The molecule has 2 saturated heterocycles. The van der Waals surface area contributed by atoms with Crippen molar-refractivity contribution < 1.29 is 9.59 Å². The standard InChI is InChI=1S/C21H31N3O2/c1-16(2)24-11-3-4-18(24)20(26)22-12-9-21(10-13-22)8-7-19(25)23(15-21)14-17-5-6-17/h3-4,11,16-17H,5-10,12-15H2,1-2H3. The van der Waals surface area contributed by atoms with Crippen molar-refractivity contribution in [2.45, 2.75) is 58.4 Å². The highest BCUT2D eigenvalue weighted by atomic mass is 16.2. The largest absolute Gasteiger partial charge is 0.342 e. The molecule has 1 aliphatic carbocycles. The minimum absolute atomic E-state index is 0.153. The summed E-state index contributed by atoms with van der Waals surface area (Å²) in [6, 6.07) is 4.19. The van der Waals surface area contributed by atoms with E-state index in [1.54, 1.807) is 0 Å². The summed E-state index contributed by atoms with van der Waals surface area (Å²) in [5.41, 5.74) is 1.03.